The highest BCUT2D eigenvalue weighted by Crippen LogP contribution is 2.32. The van der Waals surface area contributed by atoms with Crippen molar-refractivity contribution in [2.24, 2.45) is 0 Å². The summed E-state index contributed by atoms with van der Waals surface area (Å²) in [6, 6.07) is -0.124. The fourth-order valence-corrected chi connectivity index (χ4v) is 3.06. The quantitative estimate of drug-likeness (QED) is 0.870. The maximum absolute atomic E-state index is 12.3. The molecule has 0 bridgehead atoms. The van der Waals surface area contributed by atoms with Gasteiger partial charge in [0, 0.05) is 17.5 Å². The number of nitrogens with one attached hydrogen (secondary N) is 1. The molecule has 6 heteroatoms. The number of carbonyl (C=O) groups is 2. The van der Waals surface area contributed by atoms with Crippen molar-refractivity contribution in [2.45, 2.75) is 47.1 Å². The second kappa shape index (κ2) is 6.74. The normalized spacial score (nSPS) is 12.1. The van der Waals surface area contributed by atoms with Crippen LogP contribution in [0.15, 0.2) is 0 Å². The zero-order valence-electron chi connectivity index (χ0n) is 12.6. The molecule has 0 aliphatic carbocycles. The molecule has 112 valence electrons. The molecule has 0 saturated carbocycles. The summed E-state index contributed by atoms with van der Waals surface area (Å²) in [5, 5.41) is 12.4. The Balaban J connectivity index is 3.01. The second-order valence-corrected chi connectivity index (χ2v) is 5.99. The first kappa shape index (κ1) is 16.5. The lowest BCUT2D eigenvalue weighted by Crippen LogP contribution is -2.41. The number of aryl methyl sites for hydroxylation is 1. The van der Waals surface area contributed by atoms with Crippen LogP contribution in [0.25, 0.3) is 0 Å². The molecule has 0 spiro atoms. The first-order valence-electron chi connectivity index (χ1n) is 6.74. The number of nitrogens with zero attached hydrogens (tertiary/aromatic N) is 1. The largest absolute Gasteiger partial charge is 0.478 e. The lowest BCUT2D eigenvalue weighted by Gasteiger charge is -2.27. The molecule has 5 nitrogen and oxygen atoms in total. The molecule has 0 aromatic carbocycles. The summed E-state index contributed by atoms with van der Waals surface area (Å²) >= 11 is 1.31. The van der Waals surface area contributed by atoms with Gasteiger partial charge in [0.2, 0.25) is 0 Å². The third-order valence-electron chi connectivity index (χ3n) is 3.54. The van der Waals surface area contributed by atoms with Crippen LogP contribution < -0.4 is 5.32 Å². The van der Waals surface area contributed by atoms with Crippen LogP contribution >= 0.6 is 11.3 Å². The number of aromatic carboxylic acids is 1. The zero-order chi connectivity index (χ0) is 15.4. The number of hydrogen-bond acceptors (Lipinski definition) is 3. The van der Waals surface area contributed by atoms with Gasteiger partial charge in [0.15, 0.2) is 0 Å². The smallest absolute Gasteiger partial charge is 0.338 e. The van der Waals surface area contributed by atoms with Crippen LogP contribution in [0, 0.1) is 13.8 Å². The molecule has 2 amide bonds. The topological polar surface area (TPSA) is 69.6 Å². The Morgan fingerprint density at radius 1 is 1.35 bits per heavy atom. The van der Waals surface area contributed by atoms with Crippen LogP contribution in [-0.4, -0.2) is 34.6 Å². The van der Waals surface area contributed by atoms with E-state index in [1.165, 1.54) is 11.3 Å². The Hall–Kier alpha value is -1.56. The van der Waals surface area contributed by atoms with E-state index in [0.29, 0.717) is 17.1 Å². The molecule has 0 fully saturated rings. The molecule has 1 rings (SSSR count). The average Bonchev–Trinajstić information content (AvgIpc) is 2.65. The molecular weight excluding hydrogens is 276 g/mol. The van der Waals surface area contributed by atoms with Gasteiger partial charge in [-0.1, -0.05) is 6.92 Å². The molecule has 0 aliphatic rings. The molecule has 1 unspecified atom stereocenters. The van der Waals surface area contributed by atoms with Crippen molar-refractivity contribution in [2.75, 3.05) is 11.9 Å². The number of urea groups is 1. The van der Waals surface area contributed by atoms with Crippen molar-refractivity contribution in [1.82, 2.24) is 4.90 Å². The predicted molar refractivity (Wildman–Crippen MR) is 81.9 cm³/mol. The first-order valence-corrected chi connectivity index (χ1v) is 7.55. The molecule has 2 N–H and O–H groups in total. The zero-order valence-corrected chi connectivity index (χ0v) is 13.4. The van der Waals surface area contributed by atoms with E-state index in [0.717, 1.165) is 11.3 Å². The third-order valence-corrected chi connectivity index (χ3v) is 4.67. The number of hydrogen-bond donors (Lipinski definition) is 2. The van der Waals surface area contributed by atoms with Gasteiger partial charge >= 0.3 is 12.0 Å². The number of thiophene rings is 1. The van der Waals surface area contributed by atoms with E-state index in [4.69, 9.17) is 0 Å². The van der Waals surface area contributed by atoms with E-state index in [1.54, 1.807) is 11.8 Å². The fraction of sp³-hybridized carbons (Fsp3) is 0.571. The number of carboxylic acid groups (broad SMARTS) is 1. The minimum atomic E-state index is -1.01. The van der Waals surface area contributed by atoms with Crippen molar-refractivity contribution in [3.8, 4) is 0 Å². The fourth-order valence-electron chi connectivity index (χ4n) is 2.02. The average molecular weight is 298 g/mol. The Bertz CT molecular complexity index is 511. The Labute approximate surface area is 123 Å². The van der Waals surface area contributed by atoms with Gasteiger partial charge < -0.3 is 10.0 Å². The predicted octanol–water partition coefficient (Wildman–Crippen LogP) is 3.72. The molecule has 1 aromatic rings. The first-order chi connectivity index (χ1) is 9.33. The monoisotopic (exact) mass is 298 g/mol. The summed E-state index contributed by atoms with van der Waals surface area (Å²) in [6.07, 6.45) is 0.857. The lowest BCUT2D eigenvalue weighted by molar-refractivity contribution is 0.0697. The van der Waals surface area contributed by atoms with Crippen LogP contribution in [0.1, 0.15) is 48.0 Å². The van der Waals surface area contributed by atoms with Crippen LogP contribution in [0.2, 0.25) is 0 Å². The molecule has 0 aliphatic heterocycles. The Morgan fingerprint density at radius 2 is 1.95 bits per heavy atom. The summed E-state index contributed by atoms with van der Waals surface area (Å²) in [4.78, 5) is 26.2. The standard InChI is InChI=1S/C14H22N2O3S/c1-6-8(3)16(7-2)14(19)15-12-11(13(17)18)9(4)10(5)20-12/h8H,6-7H2,1-5H3,(H,15,19)(H,17,18). The molecule has 0 saturated heterocycles. The van der Waals surface area contributed by atoms with Gasteiger partial charge in [0.1, 0.15) is 5.00 Å². The van der Waals surface area contributed by atoms with Gasteiger partial charge in [0.25, 0.3) is 0 Å². The summed E-state index contributed by atoms with van der Waals surface area (Å²) in [5.74, 6) is -1.01. The van der Waals surface area contributed by atoms with Crippen LogP contribution in [-0.2, 0) is 0 Å². The molecule has 1 heterocycles. The van der Waals surface area contributed by atoms with Gasteiger partial charge in [-0.05, 0) is 39.7 Å². The van der Waals surface area contributed by atoms with Crippen molar-refractivity contribution < 1.29 is 14.7 Å². The highest BCUT2D eigenvalue weighted by molar-refractivity contribution is 7.16. The van der Waals surface area contributed by atoms with Crippen molar-refractivity contribution >= 4 is 28.3 Å². The second-order valence-electron chi connectivity index (χ2n) is 4.77. The summed E-state index contributed by atoms with van der Waals surface area (Å²) in [7, 11) is 0. The van der Waals surface area contributed by atoms with Crippen LogP contribution in [0.5, 0.6) is 0 Å². The van der Waals surface area contributed by atoms with Crippen molar-refractivity contribution in [1.29, 1.82) is 0 Å². The highest BCUT2D eigenvalue weighted by Gasteiger charge is 2.23. The Morgan fingerprint density at radius 3 is 2.40 bits per heavy atom. The van der Waals surface area contributed by atoms with E-state index in [9.17, 15) is 14.7 Å². The van der Waals surface area contributed by atoms with E-state index in [2.05, 4.69) is 5.32 Å². The van der Waals surface area contributed by atoms with Gasteiger partial charge in [-0.25, -0.2) is 9.59 Å². The summed E-state index contributed by atoms with van der Waals surface area (Å²) in [6.45, 7) is 10.1. The summed E-state index contributed by atoms with van der Waals surface area (Å²) in [5.41, 5.74) is 0.908. The molecule has 0 radical (unpaired) electrons. The van der Waals surface area contributed by atoms with Gasteiger partial charge in [-0.3, -0.25) is 5.32 Å². The lowest BCUT2D eigenvalue weighted by atomic mass is 10.1. The van der Waals surface area contributed by atoms with Crippen LogP contribution in [0.4, 0.5) is 9.80 Å². The number of rotatable bonds is 5. The summed E-state index contributed by atoms with van der Waals surface area (Å²) < 4.78 is 0. The SMILES string of the molecule is CCC(C)N(CC)C(=O)Nc1sc(C)c(C)c1C(=O)O. The van der Waals surface area contributed by atoms with E-state index in [-0.39, 0.29) is 17.6 Å². The third kappa shape index (κ3) is 3.30. The minimum absolute atomic E-state index is 0.121. The molecule has 20 heavy (non-hydrogen) atoms. The number of anilines is 1. The highest BCUT2D eigenvalue weighted by atomic mass is 32.1. The molecular formula is C14H22N2O3S. The number of carbonyl (C=O) groups excluding carboxylic acids is 1. The molecule has 1 aromatic heterocycles. The molecule has 1 atom stereocenters. The van der Waals surface area contributed by atoms with E-state index < -0.39 is 5.97 Å². The number of amides is 2. The van der Waals surface area contributed by atoms with Gasteiger partial charge in [-0.15, -0.1) is 11.3 Å². The van der Waals surface area contributed by atoms with Crippen molar-refractivity contribution in [3.63, 3.8) is 0 Å². The number of carboxylic acids is 1. The Kier molecular flexibility index (Phi) is 5.56. The van der Waals surface area contributed by atoms with E-state index in [1.807, 2.05) is 27.7 Å². The van der Waals surface area contributed by atoms with Crippen LogP contribution in [0.3, 0.4) is 0 Å². The van der Waals surface area contributed by atoms with Crippen molar-refractivity contribution in [3.05, 3.63) is 16.0 Å². The maximum Gasteiger partial charge on any atom is 0.338 e. The minimum Gasteiger partial charge on any atom is -0.478 e. The van der Waals surface area contributed by atoms with Gasteiger partial charge in [0.05, 0.1) is 5.56 Å². The van der Waals surface area contributed by atoms with Gasteiger partial charge in [-0.2, -0.15) is 0 Å². The van der Waals surface area contributed by atoms with E-state index >= 15 is 0 Å². The maximum atomic E-state index is 12.3.